The standard InChI is InChI=1S/C14H10FNO4/c1-8-2-4-10(15)7-12(8)9-3-5-11(14(17)18)13(6-9)16(19)20/h2-7H,1H3,(H,17,18). The average Bonchev–Trinajstić information content (AvgIpc) is 2.40. The van der Waals surface area contributed by atoms with E-state index in [-0.39, 0.29) is 0 Å². The Balaban J connectivity index is 2.65. The molecule has 0 aliphatic carbocycles. The molecule has 0 radical (unpaired) electrons. The van der Waals surface area contributed by atoms with Gasteiger partial charge in [-0.05, 0) is 41.8 Å². The fraction of sp³-hybridized carbons (Fsp3) is 0.0714. The summed E-state index contributed by atoms with van der Waals surface area (Å²) < 4.78 is 13.3. The molecule has 2 aromatic rings. The highest BCUT2D eigenvalue weighted by atomic mass is 19.1. The van der Waals surface area contributed by atoms with Crippen molar-refractivity contribution < 1.29 is 19.2 Å². The van der Waals surface area contributed by atoms with Crippen LogP contribution in [0.4, 0.5) is 10.1 Å². The number of rotatable bonds is 3. The Kier molecular flexibility index (Phi) is 3.47. The Hall–Kier alpha value is -2.76. The molecule has 0 aliphatic rings. The van der Waals surface area contributed by atoms with Crippen molar-refractivity contribution in [2.75, 3.05) is 0 Å². The molecule has 0 saturated heterocycles. The number of carboxylic acids is 1. The molecule has 0 saturated carbocycles. The number of aromatic carboxylic acids is 1. The molecule has 0 unspecified atom stereocenters. The highest BCUT2D eigenvalue weighted by Gasteiger charge is 2.20. The Morgan fingerprint density at radius 2 is 1.95 bits per heavy atom. The van der Waals surface area contributed by atoms with Gasteiger partial charge in [-0.1, -0.05) is 12.1 Å². The Morgan fingerprint density at radius 3 is 2.55 bits per heavy atom. The molecule has 1 N–H and O–H groups in total. The highest BCUT2D eigenvalue weighted by Crippen LogP contribution is 2.29. The molecule has 0 amide bonds. The molecule has 0 fully saturated rings. The van der Waals surface area contributed by atoms with E-state index in [1.165, 1.54) is 18.2 Å². The van der Waals surface area contributed by atoms with E-state index < -0.39 is 28.0 Å². The van der Waals surface area contributed by atoms with E-state index in [9.17, 15) is 19.3 Å². The van der Waals surface area contributed by atoms with Crippen LogP contribution < -0.4 is 0 Å². The van der Waals surface area contributed by atoms with Crippen LogP contribution in [0.25, 0.3) is 11.1 Å². The van der Waals surface area contributed by atoms with Gasteiger partial charge in [-0.3, -0.25) is 10.1 Å². The minimum atomic E-state index is -1.38. The number of benzene rings is 2. The van der Waals surface area contributed by atoms with Crippen LogP contribution in [0.1, 0.15) is 15.9 Å². The van der Waals surface area contributed by atoms with Crippen LogP contribution in [0.2, 0.25) is 0 Å². The molecule has 2 rings (SSSR count). The molecular formula is C14H10FNO4. The zero-order valence-electron chi connectivity index (χ0n) is 10.5. The van der Waals surface area contributed by atoms with Crippen LogP contribution in [0.15, 0.2) is 36.4 Å². The van der Waals surface area contributed by atoms with E-state index in [0.29, 0.717) is 11.1 Å². The predicted octanol–water partition coefficient (Wildman–Crippen LogP) is 3.41. The maximum absolute atomic E-state index is 13.3. The lowest BCUT2D eigenvalue weighted by molar-refractivity contribution is -0.385. The summed E-state index contributed by atoms with van der Waals surface area (Å²) in [4.78, 5) is 21.1. The Morgan fingerprint density at radius 1 is 1.25 bits per heavy atom. The zero-order chi connectivity index (χ0) is 14.9. The maximum atomic E-state index is 13.3. The topological polar surface area (TPSA) is 80.4 Å². The van der Waals surface area contributed by atoms with Crippen molar-refractivity contribution in [3.05, 3.63) is 63.5 Å². The number of nitro benzene ring substituents is 1. The van der Waals surface area contributed by atoms with Gasteiger partial charge in [0.1, 0.15) is 11.4 Å². The zero-order valence-corrected chi connectivity index (χ0v) is 10.5. The monoisotopic (exact) mass is 275 g/mol. The lowest BCUT2D eigenvalue weighted by Crippen LogP contribution is -2.02. The van der Waals surface area contributed by atoms with Gasteiger partial charge < -0.3 is 5.11 Å². The van der Waals surface area contributed by atoms with E-state index >= 15 is 0 Å². The molecule has 0 bridgehead atoms. The first-order valence-corrected chi connectivity index (χ1v) is 5.68. The number of aryl methyl sites for hydroxylation is 1. The molecule has 0 spiro atoms. The average molecular weight is 275 g/mol. The number of carboxylic acid groups (broad SMARTS) is 1. The number of nitrogens with zero attached hydrogens (tertiary/aromatic N) is 1. The number of hydrogen-bond acceptors (Lipinski definition) is 3. The largest absolute Gasteiger partial charge is 0.477 e. The van der Waals surface area contributed by atoms with Gasteiger partial charge in [-0.2, -0.15) is 0 Å². The molecule has 0 aromatic heterocycles. The second-order valence-corrected chi connectivity index (χ2v) is 4.25. The summed E-state index contributed by atoms with van der Waals surface area (Å²) in [6.07, 6.45) is 0. The normalized spacial score (nSPS) is 10.3. The van der Waals surface area contributed by atoms with Gasteiger partial charge in [0.25, 0.3) is 5.69 Å². The SMILES string of the molecule is Cc1ccc(F)cc1-c1ccc(C(=O)O)c([N+](=O)[O-])c1. The Bertz CT molecular complexity index is 712. The van der Waals surface area contributed by atoms with Crippen molar-refractivity contribution in [2.45, 2.75) is 6.92 Å². The summed E-state index contributed by atoms with van der Waals surface area (Å²) in [6, 6.07) is 7.83. The molecule has 6 heteroatoms. The summed E-state index contributed by atoms with van der Waals surface area (Å²) in [5.74, 6) is -1.84. The lowest BCUT2D eigenvalue weighted by atomic mass is 9.98. The Labute approximate surface area is 113 Å². The minimum absolute atomic E-state index is 0.396. The maximum Gasteiger partial charge on any atom is 0.342 e. The van der Waals surface area contributed by atoms with Crippen LogP contribution in [0, 0.1) is 22.9 Å². The van der Waals surface area contributed by atoms with Gasteiger partial charge >= 0.3 is 5.97 Å². The van der Waals surface area contributed by atoms with E-state index in [2.05, 4.69) is 0 Å². The molecule has 0 heterocycles. The van der Waals surface area contributed by atoms with E-state index in [1.807, 2.05) is 0 Å². The molecule has 0 aliphatic heterocycles. The van der Waals surface area contributed by atoms with Crippen LogP contribution >= 0.6 is 0 Å². The predicted molar refractivity (Wildman–Crippen MR) is 70.2 cm³/mol. The van der Waals surface area contributed by atoms with Crippen molar-refractivity contribution in [3.8, 4) is 11.1 Å². The van der Waals surface area contributed by atoms with Crippen molar-refractivity contribution >= 4 is 11.7 Å². The van der Waals surface area contributed by atoms with Crippen LogP contribution in [0.5, 0.6) is 0 Å². The first kappa shape index (κ1) is 13.7. The number of nitro groups is 1. The second-order valence-electron chi connectivity index (χ2n) is 4.25. The van der Waals surface area contributed by atoms with Crippen molar-refractivity contribution in [3.63, 3.8) is 0 Å². The minimum Gasteiger partial charge on any atom is -0.477 e. The third-order valence-corrected chi connectivity index (χ3v) is 2.94. The molecular weight excluding hydrogens is 265 g/mol. The summed E-state index contributed by atoms with van der Waals surface area (Å²) in [7, 11) is 0. The third kappa shape index (κ3) is 2.49. The summed E-state index contributed by atoms with van der Waals surface area (Å²) in [6.45, 7) is 1.74. The van der Waals surface area contributed by atoms with Gasteiger partial charge in [-0.25, -0.2) is 9.18 Å². The number of carbonyl (C=O) groups is 1. The van der Waals surface area contributed by atoms with Gasteiger partial charge in [0.05, 0.1) is 4.92 Å². The number of hydrogen-bond donors (Lipinski definition) is 1. The van der Waals surface area contributed by atoms with Crippen molar-refractivity contribution in [1.29, 1.82) is 0 Å². The summed E-state index contributed by atoms with van der Waals surface area (Å²) >= 11 is 0. The fourth-order valence-corrected chi connectivity index (χ4v) is 1.94. The van der Waals surface area contributed by atoms with Crippen LogP contribution in [-0.2, 0) is 0 Å². The van der Waals surface area contributed by atoms with Gasteiger partial charge in [-0.15, -0.1) is 0 Å². The quantitative estimate of drug-likeness (QED) is 0.687. The molecule has 2 aromatic carbocycles. The molecule has 5 nitrogen and oxygen atoms in total. The highest BCUT2D eigenvalue weighted by molar-refractivity contribution is 5.93. The van der Waals surface area contributed by atoms with Crippen molar-refractivity contribution in [2.24, 2.45) is 0 Å². The summed E-state index contributed by atoms with van der Waals surface area (Å²) in [5.41, 5.74) is 0.721. The van der Waals surface area contributed by atoms with E-state index in [4.69, 9.17) is 5.11 Å². The van der Waals surface area contributed by atoms with Crippen LogP contribution in [-0.4, -0.2) is 16.0 Å². The third-order valence-electron chi connectivity index (χ3n) is 2.94. The van der Waals surface area contributed by atoms with Gasteiger partial charge in [0, 0.05) is 6.07 Å². The van der Waals surface area contributed by atoms with E-state index in [0.717, 1.165) is 17.7 Å². The van der Waals surface area contributed by atoms with Gasteiger partial charge in [0.2, 0.25) is 0 Å². The second kappa shape index (κ2) is 5.08. The lowest BCUT2D eigenvalue weighted by Gasteiger charge is -2.07. The summed E-state index contributed by atoms with van der Waals surface area (Å²) in [5, 5.41) is 19.8. The molecule has 20 heavy (non-hydrogen) atoms. The van der Waals surface area contributed by atoms with E-state index in [1.54, 1.807) is 13.0 Å². The number of halogens is 1. The first-order chi connectivity index (χ1) is 9.40. The van der Waals surface area contributed by atoms with Crippen LogP contribution in [0.3, 0.4) is 0 Å². The smallest absolute Gasteiger partial charge is 0.342 e. The van der Waals surface area contributed by atoms with Gasteiger partial charge in [0.15, 0.2) is 0 Å². The fourth-order valence-electron chi connectivity index (χ4n) is 1.94. The van der Waals surface area contributed by atoms with Crippen molar-refractivity contribution in [1.82, 2.24) is 0 Å². The molecule has 102 valence electrons. The first-order valence-electron chi connectivity index (χ1n) is 5.68. The molecule has 0 atom stereocenters.